The molecule has 4 aromatic carbocycles. The van der Waals surface area contributed by atoms with E-state index in [0.717, 1.165) is 16.7 Å². The fourth-order valence-corrected chi connectivity index (χ4v) is 8.51. The average Bonchev–Trinajstić information content (AvgIpc) is 2.75. The van der Waals surface area contributed by atoms with Crippen LogP contribution in [0.4, 0.5) is 0 Å². The van der Waals surface area contributed by atoms with E-state index in [9.17, 15) is 0 Å². The van der Waals surface area contributed by atoms with Gasteiger partial charge in [0.2, 0.25) is 0 Å². The fraction of sp³-hybridized carbons (Fsp3) is 0.0400. The second-order valence-corrected chi connectivity index (χ2v) is 11.0. The van der Waals surface area contributed by atoms with E-state index in [4.69, 9.17) is 23.2 Å². The minimum absolute atomic E-state index is 0. The first-order chi connectivity index (χ1) is 13.7. The van der Waals surface area contributed by atoms with Gasteiger partial charge in [-0.1, -0.05) is 83.9 Å². The molecule has 29 heavy (non-hydrogen) atoms. The van der Waals surface area contributed by atoms with E-state index in [-0.39, 0.29) is 12.4 Å². The Morgan fingerprint density at radius 2 is 0.966 bits per heavy atom. The van der Waals surface area contributed by atoms with Crippen molar-refractivity contribution in [3.8, 4) is 0 Å². The van der Waals surface area contributed by atoms with E-state index in [2.05, 4.69) is 97.1 Å². The van der Waals surface area contributed by atoms with Crippen molar-refractivity contribution in [2.75, 3.05) is 0 Å². The maximum Gasteiger partial charge on any atom is 0.116 e. The molecule has 4 aromatic rings. The molecule has 0 aliphatic carbocycles. The lowest BCUT2D eigenvalue weighted by molar-refractivity contribution is -0.00000524. The van der Waals surface area contributed by atoms with E-state index >= 15 is 0 Å². The highest BCUT2D eigenvalue weighted by Gasteiger charge is 2.45. The molecule has 4 rings (SSSR count). The third kappa shape index (κ3) is 4.52. The number of hydrogen-bond acceptors (Lipinski definition) is 0. The standard InChI is InChI=1S/C25H20Cl2P.ClH/c26-21-17-16-20(25(27)18-21)19-28(22-10-4-1-5-11-22,23-12-6-2-7-13-23)24-14-8-3-9-15-24;/h1-18H,19H2;1H/q+1;/p-1. The third-order valence-corrected chi connectivity index (χ3v) is 9.95. The minimum Gasteiger partial charge on any atom is -1.00 e. The van der Waals surface area contributed by atoms with Crippen LogP contribution in [0, 0.1) is 0 Å². The average molecular weight is 458 g/mol. The zero-order chi connectivity index (χ0) is 19.4. The maximum atomic E-state index is 6.63. The van der Waals surface area contributed by atoms with Crippen LogP contribution in [0.2, 0.25) is 10.0 Å². The molecule has 0 nitrogen and oxygen atoms in total. The second-order valence-electron chi connectivity index (χ2n) is 6.71. The normalized spacial score (nSPS) is 11.0. The van der Waals surface area contributed by atoms with E-state index in [1.165, 1.54) is 15.9 Å². The summed E-state index contributed by atoms with van der Waals surface area (Å²) >= 11 is 12.8. The van der Waals surface area contributed by atoms with Crippen LogP contribution >= 0.6 is 30.5 Å². The van der Waals surface area contributed by atoms with Crippen LogP contribution in [0.3, 0.4) is 0 Å². The summed E-state index contributed by atoms with van der Waals surface area (Å²) in [7, 11) is -1.94. The van der Waals surface area contributed by atoms with Crippen molar-refractivity contribution in [2.45, 2.75) is 6.16 Å². The van der Waals surface area contributed by atoms with Gasteiger partial charge >= 0.3 is 0 Å². The summed E-state index contributed by atoms with van der Waals surface area (Å²) in [5.74, 6) is 0. The van der Waals surface area contributed by atoms with Gasteiger partial charge in [-0.05, 0) is 48.5 Å². The number of hydrogen-bond donors (Lipinski definition) is 0. The number of halogens is 3. The van der Waals surface area contributed by atoms with Gasteiger partial charge < -0.3 is 12.4 Å². The molecule has 0 unspecified atom stereocenters. The lowest BCUT2D eigenvalue weighted by Gasteiger charge is -2.28. The van der Waals surface area contributed by atoms with Crippen molar-refractivity contribution in [1.82, 2.24) is 0 Å². The quantitative estimate of drug-likeness (QED) is 0.403. The van der Waals surface area contributed by atoms with Gasteiger partial charge in [-0.3, -0.25) is 0 Å². The van der Waals surface area contributed by atoms with Gasteiger partial charge in [0, 0.05) is 15.6 Å². The summed E-state index contributed by atoms with van der Waals surface area (Å²) in [4.78, 5) is 0. The molecule has 0 aromatic heterocycles. The summed E-state index contributed by atoms with van der Waals surface area (Å²) < 4.78 is 0. The summed E-state index contributed by atoms with van der Waals surface area (Å²) in [6, 6.07) is 38.3. The van der Waals surface area contributed by atoms with Crippen LogP contribution in [-0.4, -0.2) is 0 Å². The highest BCUT2D eigenvalue weighted by Crippen LogP contribution is 2.58. The van der Waals surface area contributed by atoms with E-state index in [1.54, 1.807) is 0 Å². The molecule has 0 spiro atoms. The molecule has 0 amide bonds. The van der Waals surface area contributed by atoms with E-state index < -0.39 is 7.26 Å². The van der Waals surface area contributed by atoms with Gasteiger partial charge in [0.1, 0.15) is 23.2 Å². The molecule has 146 valence electrons. The second kappa shape index (κ2) is 9.79. The van der Waals surface area contributed by atoms with E-state index in [0.29, 0.717) is 5.02 Å². The zero-order valence-corrected chi connectivity index (χ0v) is 18.8. The largest absolute Gasteiger partial charge is 1.00 e. The Labute approximate surface area is 189 Å². The first-order valence-electron chi connectivity index (χ1n) is 9.19. The molecule has 0 aliphatic rings. The van der Waals surface area contributed by atoms with E-state index in [1.807, 2.05) is 12.1 Å². The van der Waals surface area contributed by atoms with Crippen molar-refractivity contribution in [3.63, 3.8) is 0 Å². The monoisotopic (exact) mass is 456 g/mol. The number of rotatable bonds is 5. The molecular weight excluding hydrogens is 438 g/mol. The minimum atomic E-state index is -1.94. The van der Waals surface area contributed by atoms with Gasteiger partial charge in [0.25, 0.3) is 0 Å². The molecule has 0 heterocycles. The van der Waals surface area contributed by atoms with Crippen LogP contribution in [0.1, 0.15) is 5.56 Å². The van der Waals surface area contributed by atoms with Gasteiger partial charge in [0.05, 0.1) is 6.16 Å². The van der Waals surface area contributed by atoms with Crippen molar-refractivity contribution in [3.05, 3.63) is 125 Å². The van der Waals surface area contributed by atoms with Crippen LogP contribution in [0.15, 0.2) is 109 Å². The summed E-state index contributed by atoms with van der Waals surface area (Å²) in [6.45, 7) is 0. The Morgan fingerprint density at radius 1 is 0.552 bits per heavy atom. The highest BCUT2D eigenvalue weighted by molar-refractivity contribution is 7.95. The van der Waals surface area contributed by atoms with Crippen LogP contribution in [0.5, 0.6) is 0 Å². The van der Waals surface area contributed by atoms with Gasteiger partial charge in [-0.15, -0.1) is 0 Å². The molecule has 0 atom stereocenters. The SMILES string of the molecule is Clc1ccc(C[P+](c2ccccc2)(c2ccccc2)c2ccccc2)c(Cl)c1.[Cl-]. The Kier molecular flexibility index (Phi) is 7.38. The summed E-state index contributed by atoms with van der Waals surface area (Å²) in [5.41, 5.74) is 1.12. The molecule has 0 aliphatic heterocycles. The molecule has 0 saturated carbocycles. The molecule has 0 fully saturated rings. The molecule has 0 bridgehead atoms. The summed E-state index contributed by atoms with van der Waals surface area (Å²) in [5, 5.41) is 5.42. The predicted octanol–water partition coefficient (Wildman–Crippen LogP) is 3.49. The Hall–Kier alpha value is -1.82. The molecule has 0 radical (unpaired) electrons. The van der Waals surface area contributed by atoms with Crippen molar-refractivity contribution in [2.24, 2.45) is 0 Å². The maximum absolute atomic E-state index is 6.63. The topological polar surface area (TPSA) is 0 Å². The first kappa shape index (κ1) is 21.9. The van der Waals surface area contributed by atoms with Gasteiger partial charge in [-0.25, -0.2) is 0 Å². The molecule has 0 saturated heterocycles. The van der Waals surface area contributed by atoms with Gasteiger partial charge in [0.15, 0.2) is 0 Å². The van der Waals surface area contributed by atoms with Crippen LogP contribution in [-0.2, 0) is 6.16 Å². The van der Waals surface area contributed by atoms with Crippen LogP contribution < -0.4 is 28.3 Å². The molecule has 0 N–H and O–H groups in total. The summed E-state index contributed by atoms with van der Waals surface area (Å²) in [6.07, 6.45) is 0.848. The molecule has 4 heteroatoms. The van der Waals surface area contributed by atoms with Crippen LogP contribution in [0.25, 0.3) is 0 Å². The zero-order valence-electron chi connectivity index (χ0n) is 15.7. The van der Waals surface area contributed by atoms with Crippen molar-refractivity contribution in [1.29, 1.82) is 0 Å². The Balaban J connectivity index is 0.00000240. The molecular formula is C25H20Cl3P. The van der Waals surface area contributed by atoms with Gasteiger partial charge in [-0.2, -0.15) is 0 Å². The highest BCUT2D eigenvalue weighted by atomic mass is 35.5. The lowest BCUT2D eigenvalue weighted by Crippen LogP contribution is -3.00. The number of benzene rings is 4. The fourth-order valence-electron chi connectivity index (χ4n) is 3.67. The first-order valence-corrected chi connectivity index (χ1v) is 11.9. The Morgan fingerprint density at radius 3 is 1.34 bits per heavy atom. The third-order valence-electron chi connectivity index (χ3n) is 5.01. The predicted molar refractivity (Wildman–Crippen MR) is 125 cm³/mol. The van der Waals surface area contributed by atoms with Crippen molar-refractivity contribution < 1.29 is 12.4 Å². The lowest BCUT2D eigenvalue weighted by atomic mass is 10.2. The smallest absolute Gasteiger partial charge is 0.116 e. The van der Waals surface area contributed by atoms with Crippen molar-refractivity contribution >= 4 is 46.4 Å². The Bertz CT molecular complexity index is 955.